The molecule has 1 unspecified atom stereocenters. The van der Waals surface area contributed by atoms with Crippen molar-refractivity contribution in [1.82, 2.24) is 10.2 Å². The molecular weight excluding hydrogens is 430 g/mol. The van der Waals surface area contributed by atoms with Gasteiger partial charge in [-0.05, 0) is 48.6 Å². The van der Waals surface area contributed by atoms with E-state index in [0.29, 0.717) is 17.7 Å². The van der Waals surface area contributed by atoms with Gasteiger partial charge in [-0.15, -0.1) is 11.8 Å². The maximum atomic E-state index is 13.9. The van der Waals surface area contributed by atoms with Crippen LogP contribution in [0.4, 0.5) is 8.78 Å². The largest absolute Gasteiger partial charge is 0.352 e. The first-order chi connectivity index (χ1) is 15.5. The molecular formula is C25H30F2N2O2S. The lowest BCUT2D eigenvalue weighted by Crippen LogP contribution is -2.51. The molecule has 0 saturated heterocycles. The van der Waals surface area contributed by atoms with Gasteiger partial charge in [0.2, 0.25) is 11.8 Å². The summed E-state index contributed by atoms with van der Waals surface area (Å²) in [6, 6.07) is 12.0. The highest BCUT2D eigenvalue weighted by atomic mass is 32.2. The molecule has 0 aliphatic heterocycles. The van der Waals surface area contributed by atoms with E-state index in [1.54, 1.807) is 35.2 Å². The van der Waals surface area contributed by atoms with E-state index in [-0.39, 0.29) is 41.8 Å². The van der Waals surface area contributed by atoms with Crippen LogP contribution in [0.3, 0.4) is 0 Å². The second-order valence-electron chi connectivity index (χ2n) is 8.15. The minimum Gasteiger partial charge on any atom is -0.352 e. The van der Waals surface area contributed by atoms with Crippen LogP contribution in [0.2, 0.25) is 0 Å². The van der Waals surface area contributed by atoms with E-state index in [0.717, 1.165) is 31.2 Å². The Labute approximate surface area is 192 Å². The number of benzene rings is 2. The highest BCUT2D eigenvalue weighted by Gasteiger charge is 2.30. The lowest BCUT2D eigenvalue weighted by atomic mass is 10.1. The maximum absolute atomic E-state index is 13.9. The summed E-state index contributed by atoms with van der Waals surface area (Å²) in [7, 11) is 0. The fourth-order valence-corrected chi connectivity index (χ4v) is 4.92. The molecule has 3 rings (SSSR count). The van der Waals surface area contributed by atoms with Gasteiger partial charge in [0.1, 0.15) is 17.7 Å². The Hall–Kier alpha value is -2.41. The van der Waals surface area contributed by atoms with Gasteiger partial charge in [-0.3, -0.25) is 9.59 Å². The molecule has 0 aromatic heterocycles. The zero-order valence-corrected chi connectivity index (χ0v) is 19.2. The minimum absolute atomic E-state index is 0.128. The number of nitrogens with zero attached hydrogens (tertiary/aromatic N) is 1. The van der Waals surface area contributed by atoms with E-state index in [1.807, 2.05) is 6.92 Å². The van der Waals surface area contributed by atoms with E-state index in [2.05, 4.69) is 5.32 Å². The fraction of sp³-hybridized carbons (Fsp3) is 0.440. The van der Waals surface area contributed by atoms with Gasteiger partial charge in [0.25, 0.3) is 0 Å². The summed E-state index contributed by atoms with van der Waals surface area (Å²) in [5, 5.41) is 3.10. The summed E-state index contributed by atoms with van der Waals surface area (Å²) >= 11 is 1.32. The average Bonchev–Trinajstić information content (AvgIpc) is 3.29. The van der Waals surface area contributed by atoms with Gasteiger partial charge in [-0.1, -0.05) is 50.1 Å². The van der Waals surface area contributed by atoms with E-state index >= 15 is 0 Å². The first-order valence-electron chi connectivity index (χ1n) is 11.1. The third-order valence-corrected chi connectivity index (χ3v) is 6.76. The molecule has 1 fully saturated rings. The SMILES string of the molecule is CCC(C(=O)NC1CCCC1)N(Cc1ccc(F)cc1)C(=O)CSCc1ccccc1F. The first-order valence-corrected chi connectivity index (χ1v) is 12.3. The predicted molar refractivity (Wildman–Crippen MR) is 124 cm³/mol. The standard InChI is InChI=1S/C25H30F2N2O2S/c1-2-23(25(31)28-21-8-4-5-9-21)29(15-18-11-13-20(26)14-12-18)24(30)17-32-16-19-7-3-6-10-22(19)27/h3,6-7,10-14,21,23H,2,4-5,8-9,15-17H2,1H3,(H,28,31). The lowest BCUT2D eigenvalue weighted by Gasteiger charge is -2.31. The molecule has 4 nitrogen and oxygen atoms in total. The molecule has 2 aromatic carbocycles. The van der Waals surface area contributed by atoms with Crippen molar-refractivity contribution in [2.45, 2.75) is 63.4 Å². The molecule has 0 bridgehead atoms. The Balaban J connectivity index is 1.70. The molecule has 0 radical (unpaired) electrons. The molecule has 2 amide bonds. The molecule has 1 saturated carbocycles. The molecule has 7 heteroatoms. The van der Waals surface area contributed by atoms with Crippen molar-refractivity contribution >= 4 is 23.6 Å². The van der Waals surface area contributed by atoms with Crippen molar-refractivity contribution in [2.24, 2.45) is 0 Å². The molecule has 0 heterocycles. The number of hydrogen-bond acceptors (Lipinski definition) is 3. The Morgan fingerprint density at radius 3 is 2.44 bits per heavy atom. The zero-order valence-electron chi connectivity index (χ0n) is 18.4. The van der Waals surface area contributed by atoms with Crippen molar-refractivity contribution in [2.75, 3.05) is 5.75 Å². The molecule has 1 N–H and O–H groups in total. The number of carbonyl (C=O) groups is 2. The summed E-state index contributed by atoms with van der Waals surface area (Å²) in [4.78, 5) is 27.8. The Kier molecular flexibility index (Phi) is 9.09. The van der Waals surface area contributed by atoms with Crippen LogP contribution in [-0.4, -0.2) is 34.6 Å². The van der Waals surface area contributed by atoms with Gasteiger partial charge in [0.15, 0.2) is 0 Å². The van der Waals surface area contributed by atoms with Crippen LogP contribution in [0.5, 0.6) is 0 Å². The average molecular weight is 461 g/mol. The van der Waals surface area contributed by atoms with Gasteiger partial charge >= 0.3 is 0 Å². The van der Waals surface area contributed by atoms with E-state index in [9.17, 15) is 18.4 Å². The van der Waals surface area contributed by atoms with Gasteiger partial charge in [-0.2, -0.15) is 0 Å². The molecule has 172 valence electrons. The van der Waals surface area contributed by atoms with Crippen molar-refractivity contribution in [1.29, 1.82) is 0 Å². The second-order valence-corrected chi connectivity index (χ2v) is 9.13. The smallest absolute Gasteiger partial charge is 0.243 e. The van der Waals surface area contributed by atoms with Crippen LogP contribution in [0.15, 0.2) is 48.5 Å². The predicted octanol–water partition coefficient (Wildman–Crippen LogP) is 5.06. The maximum Gasteiger partial charge on any atom is 0.243 e. The Morgan fingerprint density at radius 1 is 1.09 bits per heavy atom. The number of hydrogen-bond donors (Lipinski definition) is 1. The van der Waals surface area contributed by atoms with Gasteiger partial charge in [0.05, 0.1) is 5.75 Å². The molecule has 1 aliphatic rings. The lowest BCUT2D eigenvalue weighted by molar-refractivity contribution is -0.139. The van der Waals surface area contributed by atoms with Gasteiger partial charge in [-0.25, -0.2) is 8.78 Å². The van der Waals surface area contributed by atoms with E-state index < -0.39 is 6.04 Å². The number of nitrogens with one attached hydrogen (secondary N) is 1. The fourth-order valence-electron chi connectivity index (χ4n) is 4.02. The number of thioether (sulfide) groups is 1. The highest BCUT2D eigenvalue weighted by Crippen LogP contribution is 2.21. The van der Waals surface area contributed by atoms with Crippen LogP contribution >= 0.6 is 11.8 Å². The summed E-state index contributed by atoms with van der Waals surface area (Å²) in [6.07, 6.45) is 4.61. The van der Waals surface area contributed by atoms with Crippen LogP contribution in [0.1, 0.15) is 50.2 Å². The highest BCUT2D eigenvalue weighted by molar-refractivity contribution is 7.99. The monoisotopic (exact) mass is 460 g/mol. The number of halogens is 2. The molecule has 2 aromatic rings. The zero-order chi connectivity index (χ0) is 22.9. The summed E-state index contributed by atoms with van der Waals surface area (Å²) < 4.78 is 27.2. The second kappa shape index (κ2) is 12.0. The van der Waals surface area contributed by atoms with E-state index in [4.69, 9.17) is 0 Å². The normalized spacial score (nSPS) is 14.8. The third-order valence-electron chi connectivity index (χ3n) is 5.79. The first kappa shape index (κ1) is 24.2. The quantitative estimate of drug-likeness (QED) is 0.539. The van der Waals surface area contributed by atoms with Crippen LogP contribution < -0.4 is 5.32 Å². The Morgan fingerprint density at radius 2 is 1.78 bits per heavy atom. The Bertz CT molecular complexity index is 901. The number of amides is 2. The van der Waals surface area contributed by atoms with Crippen molar-refractivity contribution < 1.29 is 18.4 Å². The molecule has 32 heavy (non-hydrogen) atoms. The van der Waals surface area contributed by atoms with Crippen molar-refractivity contribution in [3.8, 4) is 0 Å². The third kappa shape index (κ3) is 6.79. The number of rotatable bonds is 10. The van der Waals surface area contributed by atoms with Crippen LogP contribution in [-0.2, 0) is 21.9 Å². The summed E-state index contributed by atoms with van der Waals surface area (Å²) in [6.45, 7) is 2.10. The minimum atomic E-state index is -0.609. The van der Waals surface area contributed by atoms with Crippen molar-refractivity contribution in [3.05, 3.63) is 71.3 Å². The summed E-state index contributed by atoms with van der Waals surface area (Å²) in [5.74, 6) is -0.481. The van der Waals surface area contributed by atoms with E-state index in [1.165, 1.54) is 30.0 Å². The molecule has 1 atom stereocenters. The van der Waals surface area contributed by atoms with Crippen molar-refractivity contribution in [3.63, 3.8) is 0 Å². The van der Waals surface area contributed by atoms with Crippen LogP contribution in [0, 0.1) is 11.6 Å². The van der Waals surface area contributed by atoms with Gasteiger partial charge < -0.3 is 10.2 Å². The molecule has 1 aliphatic carbocycles. The summed E-state index contributed by atoms with van der Waals surface area (Å²) in [5.41, 5.74) is 1.30. The van der Waals surface area contributed by atoms with Crippen LogP contribution in [0.25, 0.3) is 0 Å². The molecule has 0 spiro atoms. The van der Waals surface area contributed by atoms with Gasteiger partial charge in [0, 0.05) is 18.3 Å². The topological polar surface area (TPSA) is 49.4 Å². The number of carbonyl (C=O) groups excluding carboxylic acids is 2.